The Morgan fingerprint density at radius 1 is 1.18 bits per heavy atom. The molecule has 4 rings (SSSR count). The molecule has 1 fully saturated rings. The number of para-hydroxylation sites is 1. The number of ketones is 1. The third-order valence-corrected chi connectivity index (χ3v) is 5.91. The Kier molecular flexibility index (Phi) is 4.98. The number of Topliss-reactive ketones (excluding diaryl/α,β-unsaturated/α-hetero) is 1. The van der Waals surface area contributed by atoms with Crippen LogP contribution in [0.1, 0.15) is 40.0 Å². The van der Waals surface area contributed by atoms with Gasteiger partial charge in [-0.2, -0.15) is 0 Å². The van der Waals surface area contributed by atoms with E-state index in [9.17, 15) is 9.59 Å². The molecule has 2 aliphatic rings. The van der Waals surface area contributed by atoms with Crippen LogP contribution in [0.4, 0.5) is 0 Å². The minimum atomic E-state index is -0.640. The second-order valence-corrected chi connectivity index (χ2v) is 7.99. The number of piperidine rings is 1. The highest BCUT2D eigenvalue weighted by Crippen LogP contribution is 2.44. The third kappa shape index (κ3) is 3.33. The standard InChI is InChI=1S/C21H19Cl2NO4/c1-27-18-5-3-2-4-14(18)20(26)24-8-6-21(7-9-24)12-17(25)15-10-13(22)11-16(23)19(15)28-21/h2-5,10-11H,6-9,12H2,1H3. The summed E-state index contributed by atoms with van der Waals surface area (Å²) in [7, 11) is 1.55. The molecule has 0 radical (unpaired) electrons. The summed E-state index contributed by atoms with van der Waals surface area (Å²) in [4.78, 5) is 27.4. The van der Waals surface area contributed by atoms with Crippen molar-refractivity contribution >= 4 is 34.9 Å². The number of carbonyl (C=O) groups excluding carboxylic acids is 2. The van der Waals surface area contributed by atoms with Gasteiger partial charge in [-0.15, -0.1) is 0 Å². The third-order valence-electron chi connectivity index (χ3n) is 5.41. The Morgan fingerprint density at radius 3 is 2.61 bits per heavy atom. The molecule has 2 heterocycles. The summed E-state index contributed by atoms with van der Waals surface area (Å²) in [5.74, 6) is 0.830. The minimum absolute atomic E-state index is 0.0323. The van der Waals surface area contributed by atoms with Crippen molar-refractivity contribution in [2.45, 2.75) is 24.9 Å². The van der Waals surface area contributed by atoms with Crippen molar-refractivity contribution in [2.75, 3.05) is 20.2 Å². The van der Waals surface area contributed by atoms with E-state index in [4.69, 9.17) is 32.7 Å². The normalized spacial score (nSPS) is 17.8. The number of rotatable bonds is 2. The lowest BCUT2D eigenvalue weighted by Gasteiger charge is -2.44. The number of benzene rings is 2. The summed E-state index contributed by atoms with van der Waals surface area (Å²) in [5.41, 5.74) is 0.319. The molecular weight excluding hydrogens is 401 g/mol. The lowest BCUT2D eigenvalue weighted by Crippen LogP contribution is -2.52. The van der Waals surface area contributed by atoms with Crippen LogP contribution in [-0.2, 0) is 0 Å². The van der Waals surface area contributed by atoms with E-state index in [0.29, 0.717) is 58.6 Å². The summed E-state index contributed by atoms with van der Waals surface area (Å²) in [5, 5.41) is 0.747. The van der Waals surface area contributed by atoms with Crippen LogP contribution >= 0.6 is 23.2 Å². The lowest BCUT2D eigenvalue weighted by atomic mass is 9.82. The van der Waals surface area contributed by atoms with Gasteiger partial charge in [-0.3, -0.25) is 9.59 Å². The molecule has 0 N–H and O–H groups in total. The summed E-state index contributed by atoms with van der Waals surface area (Å²) < 4.78 is 11.5. The predicted molar refractivity (Wildman–Crippen MR) is 107 cm³/mol. The van der Waals surface area contributed by atoms with Gasteiger partial charge in [0.05, 0.1) is 29.7 Å². The molecule has 5 nitrogen and oxygen atoms in total. The van der Waals surface area contributed by atoms with Crippen LogP contribution in [0.3, 0.4) is 0 Å². The summed E-state index contributed by atoms with van der Waals surface area (Å²) in [6.07, 6.45) is 1.36. The van der Waals surface area contributed by atoms with Gasteiger partial charge in [-0.25, -0.2) is 0 Å². The average molecular weight is 420 g/mol. The Bertz CT molecular complexity index is 951. The molecule has 0 saturated carbocycles. The lowest BCUT2D eigenvalue weighted by molar-refractivity contribution is -0.00570. The maximum Gasteiger partial charge on any atom is 0.257 e. The molecule has 2 aromatic rings. The van der Waals surface area contributed by atoms with E-state index < -0.39 is 5.60 Å². The fourth-order valence-electron chi connectivity index (χ4n) is 3.90. The Hall–Kier alpha value is -2.24. The molecule has 0 aromatic heterocycles. The number of amides is 1. The first-order valence-electron chi connectivity index (χ1n) is 9.06. The fourth-order valence-corrected chi connectivity index (χ4v) is 4.43. The molecule has 1 saturated heterocycles. The van der Waals surface area contributed by atoms with E-state index in [1.165, 1.54) is 0 Å². The number of halogens is 2. The van der Waals surface area contributed by atoms with E-state index >= 15 is 0 Å². The van der Waals surface area contributed by atoms with Gasteiger partial charge >= 0.3 is 0 Å². The van der Waals surface area contributed by atoms with Gasteiger partial charge in [-0.05, 0) is 24.3 Å². The first-order valence-corrected chi connectivity index (χ1v) is 9.82. The van der Waals surface area contributed by atoms with E-state index in [-0.39, 0.29) is 18.1 Å². The first kappa shape index (κ1) is 19.1. The highest BCUT2D eigenvalue weighted by molar-refractivity contribution is 6.36. The van der Waals surface area contributed by atoms with Gasteiger partial charge in [0, 0.05) is 31.0 Å². The zero-order valence-electron chi connectivity index (χ0n) is 15.3. The fraction of sp³-hybridized carbons (Fsp3) is 0.333. The quantitative estimate of drug-likeness (QED) is 0.710. The van der Waals surface area contributed by atoms with E-state index in [1.807, 2.05) is 12.1 Å². The zero-order chi connectivity index (χ0) is 19.9. The Balaban J connectivity index is 1.52. The molecular formula is C21H19Cl2NO4. The van der Waals surface area contributed by atoms with E-state index in [0.717, 1.165) is 0 Å². The molecule has 0 bridgehead atoms. The Morgan fingerprint density at radius 2 is 1.89 bits per heavy atom. The van der Waals surface area contributed by atoms with Crippen LogP contribution in [-0.4, -0.2) is 42.4 Å². The SMILES string of the molecule is COc1ccccc1C(=O)N1CCC2(CC1)CC(=O)c1cc(Cl)cc(Cl)c1O2. The number of hydrogen-bond donors (Lipinski definition) is 0. The van der Waals surface area contributed by atoms with Gasteiger partial charge in [-0.1, -0.05) is 35.3 Å². The second kappa shape index (κ2) is 7.30. The molecule has 7 heteroatoms. The number of ether oxygens (including phenoxy) is 2. The second-order valence-electron chi connectivity index (χ2n) is 7.14. The number of methoxy groups -OCH3 is 1. The van der Waals surface area contributed by atoms with E-state index in [1.54, 1.807) is 36.3 Å². The minimum Gasteiger partial charge on any atom is -0.496 e. The van der Waals surface area contributed by atoms with Gasteiger partial charge in [0.1, 0.15) is 17.1 Å². The molecule has 1 spiro atoms. The molecule has 0 aliphatic carbocycles. The average Bonchev–Trinajstić information content (AvgIpc) is 2.69. The number of fused-ring (bicyclic) bond motifs is 1. The highest BCUT2D eigenvalue weighted by Gasteiger charge is 2.44. The summed E-state index contributed by atoms with van der Waals surface area (Å²) in [6.45, 7) is 0.982. The Labute approximate surface area is 173 Å². The number of carbonyl (C=O) groups is 2. The highest BCUT2D eigenvalue weighted by atomic mass is 35.5. The number of likely N-dealkylation sites (tertiary alicyclic amines) is 1. The van der Waals surface area contributed by atoms with Crippen molar-refractivity contribution in [2.24, 2.45) is 0 Å². The van der Waals surface area contributed by atoms with Gasteiger partial charge in [0.25, 0.3) is 5.91 Å². The molecule has 2 aliphatic heterocycles. The largest absolute Gasteiger partial charge is 0.496 e. The van der Waals surface area contributed by atoms with Crippen LogP contribution in [0.2, 0.25) is 10.0 Å². The maximum absolute atomic E-state index is 12.9. The van der Waals surface area contributed by atoms with Crippen molar-refractivity contribution in [3.8, 4) is 11.5 Å². The zero-order valence-corrected chi connectivity index (χ0v) is 16.8. The smallest absolute Gasteiger partial charge is 0.257 e. The van der Waals surface area contributed by atoms with Crippen LogP contribution in [0, 0.1) is 0 Å². The van der Waals surface area contributed by atoms with Crippen LogP contribution in [0.15, 0.2) is 36.4 Å². The van der Waals surface area contributed by atoms with Crippen molar-refractivity contribution in [3.63, 3.8) is 0 Å². The van der Waals surface area contributed by atoms with Crippen molar-refractivity contribution < 1.29 is 19.1 Å². The van der Waals surface area contributed by atoms with Crippen LogP contribution in [0.5, 0.6) is 11.5 Å². The molecule has 2 aromatic carbocycles. The molecule has 0 unspecified atom stereocenters. The number of hydrogen-bond acceptors (Lipinski definition) is 4. The first-order chi connectivity index (χ1) is 13.4. The molecule has 146 valence electrons. The topological polar surface area (TPSA) is 55.8 Å². The van der Waals surface area contributed by atoms with Crippen molar-refractivity contribution in [1.29, 1.82) is 0 Å². The monoisotopic (exact) mass is 419 g/mol. The summed E-state index contributed by atoms with van der Waals surface area (Å²) in [6, 6.07) is 10.3. The van der Waals surface area contributed by atoms with Crippen LogP contribution < -0.4 is 9.47 Å². The van der Waals surface area contributed by atoms with Crippen molar-refractivity contribution in [3.05, 3.63) is 57.6 Å². The van der Waals surface area contributed by atoms with Crippen LogP contribution in [0.25, 0.3) is 0 Å². The maximum atomic E-state index is 12.9. The summed E-state index contributed by atoms with van der Waals surface area (Å²) >= 11 is 12.3. The molecule has 1 amide bonds. The molecule has 0 atom stereocenters. The molecule has 28 heavy (non-hydrogen) atoms. The van der Waals surface area contributed by atoms with Gasteiger partial charge in [0.15, 0.2) is 5.78 Å². The van der Waals surface area contributed by atoms with Crippen molar-refractivity contribution in [1.82, 2.24) is 4.90 Å². The predicted octanol–water partition coefficient (Wildman–Crippen LogP) is 4.64. The van der Waals surface area contributed by atoms with Gasteiger partial charge < -0.3 is 14.4 Å². The number of nitrogens with zero attached hydrogens (tertiary/aromatic N) is 1. The van der Waals surface area contributed by atoms with E-state index in [2.05, 4.69) is 0 Å². The van der Waals surface area contributed by atoms with Gasteiger partial charge in [0.2, 0.25) is 0 Å².